The normalized spacial score (nSPS) is 17.4. The molecule has 1 amide bonds. The molecular weight excluding hydrogens is 484 g/mol. The van der Waals surface area contributed by atoms with E-state index >= 15 is 0 Å². The third kappa shape index (κ3) is 5.63. The van der Waals surface area contributed by atoms with Crippen LogP contribution < -0.4 is 5.32 Å². The molecule has 1 unspecified atom stereocenters. The number of nitrogens with zero attached hydrogens (tertiary/aromatic N) is 3. The molecule has 1 aliphatic rings. The van der Waals surface area contributed by atoms with E-state index in [1.165, 1.54) is 15.9 Å². The number of piperidine rings is 1. The van der Waals surface area contributed by atoms with Crippen molar-refractivity contribution >= 4 is 44.9 Å². The quantitative estimate of drug-likeness (QED) is 0.502. The first-order valence-electron chi connectivity index (χ1n) is 10.7. The van der Waals surface area contributed by atoms with Crippen molar-refractivity contribution in [2.45, 2.75) is 43.2 Å². The van der Waals surface area contributed by atoms with Crippen LogP contribution in [0.5, 0.6) is 0 Å². The van der Waals surface area contributed by atoms with Crippen LogP contribution in [0, 0.1) is 5.92 Å². The van der Waals surface area contributed by atoms with Crippen LogP contribution in [0.3, 0.4) is 0 Å². The molecule has 1 aromatic carbocycles. The van der Waals surface area contributed by atoms with E-state index in [4.69, 9.17) is 16.0 Å². The maximum atomic E-state index is 12.9. The SMILES string of the molecule is CC(C)c1ccc(Cc2nnc(NC(=O)C3CCCN(S(=O)(=O)c4ccc(Cl)s4)C3)o2)cc1. The van der Waals surface area contributed by atoms with Gasteiger partial charge in [0.1, 0.15) is 4.21 Å². The molecule has 1 atom stereocenters. The van der Waals surface area contributed by atoms with Crippen molar-refractivity contribution < 1.29 is 17.6 Å². The molecule has 176 valence electrons. The second kappa shape index (κ2) is 9.92. The summed E-state index contributed by atoms with van der Waals surface area (Å²) in [6.07, 6.45) is 1.62. The van der Waals surface area contributed by atoms with Crippen LogP contribution in [-0.4, -0.2) is 41.9 Å². The van der Waals surface area contributed by atoms with Gasteiger partial charge in [-0.25, -0.2) is 8.42 Å². The minimum absolute atomic E-state index is 0.0128. The number of nitrogens with one attached hydrogen (secondary N) is 1. The Balaban J connectivity index is 1.37. The number of aromatic nitrogens is 2. The monoisotopic (exact) mass is 508 g/mol. The number of sulfonamides is 1. The highest BCUT2D eigenvalue weighted by molar-refractivity contribution is 7.91. The molecule has 2 aromatic heterocycles. The van der Waals surface area contributed by atoms with E-state index in [-0.39, 0.29) is 22.7 Å². The summed E-state index contributed by atoms with van der Waals surface area (Å²) in [5, 5.41) is 10.6. The third-order valence-corrected chi connectivity index (χ3v) is 9.16. The largest absolute Gasteiger partial charge is 0.407 e. The molecule has 0 bridgehead atoms. The highest BCUT2D eigenvalue weighted by atomic mass is 35.5. The number of rotatable bonds is 7. The van der Waals surface area contributed by atoms with E-state index in [9.17, 15) is 13.2 Å². The lowest BCUT2D eigenvalue weighted by atomic mass is 9.99. The lowest BCUT2D eigenvalue weighted by Gasteiger charge is -2.30. The minimum atomic E-state index is -3.68. The number of carbonyl (C=O) groups is 1. The van der Waals surface area contributed by atoms with Crippen LogP contribution in [0.1, 0.15) is 49.6 Å². The van der Waals surface area contributed by atoms with Crippen LogP contribution in [0.25, 0.3) is 0 Å². The first kappa shape index (κ1) is 23.9. The molecule has 1 N–H and O–H groups in total. The zero-order valence-electron chi connectivity index (χ0n) is 18.3. The maximum Gasteiger partial charge on any atom is 0.322 e. The Morgan fingerprint density at radius 3 is 2.67 bits per heavy atom. The Bertz CT molecular complexity index is 1220. The summed E-state index contributed by atoms with van der Waals surface area (Å²) in [6.45, 7) is 4.73. The van der Waals surface area contributed by atoms with Crippen LogP contribution in [0.2, 0.25) is 4.34 Å². The smallest absolute Gasteiger partial charge is 0.322 e. The molecule has 3 aromatic rings. The standard InChI is InChI=1S/C22H25ClN4O4S2/c1-14(2)16-7-5-15(6-8-16)12-19-25-26-22(31-19)24-21(28)17-4-3-11-27(13-17)33(29,30)20-10-9-18(23)32-20/h5-10,14,17H,3-4,11-13H2,1-2H3,(H,24,26,28). The van der Waals surface area contributed by atoms with Crippen LogP contribution in [0.4, 0.5) is 6.01 Å². The van der Waals surface area contributed by atoms with Crippen molar-refractivity contribution in [1.82, 2.24) is 14.5 Å². The summed E-state index contributed by atoms with van der Waals surface area (Å²) < 4.78 is 33.2. The van der Waals surface area contributed by atoms with Gasteiger partial charge in [0.05, 0.1) is 16.7 Å². The Morgan fingerprint density at radius 2 is 2.00 bits per heavy atom. The van der Waals surface area contributed by atoms with Crippen molar-refractivity contribution in [1.29, 1.82) is 0 Å². The fourth-order valence-corrected chi connectivity index (χ4v) is 6.88. The number of anilines is 1. The van der Waals surface area contributed by atoms with Crippen LogP contribution in [0.15, 0.2) is 45.0 Å². The molecule has 0 spiro atoms. The van der Waals surface area contributed by atoms with Crippen molar-refractivity contribution in [2.75, 3.05) is 18.4 Å². The molecule has 0 aliphatic carbocycles. The van der Waals surface area contributed by atoms with Gasteiger partial charge in [-0.05, 0) is 42.0 Å². The fraction of sp³-hybridized carbons (Fsp3) is 0.409. The predicted molar refractivity (Wildman–Crippen MR) is 127 cm³/mol. The molecule has 4 rings (SSSR count). The van der Waals surface area contributed by atoms with Gasteiger partial charge in [-0.15, -0.1) is 16.4 Å². The topological polar surface area (TPSA) is 105 Å². The first-order chi connectivity index (χ1) is 15.7. The van der Waals surface area contributed by atoms with Gasteiger partial charge < -0.3 is 4.42 Å². The third-order valence-electron chi connectivity index (χ3n) is 5.60. The summed E-state index contributed by atoms with van der Waals surface area (Å²) in [5.74, 6) is 0.00147. The van der Waals surface area contributed by atoms with E-state index in [0.29, 0.717) is 42.0 Å². The van der Waals surface area contributed by atoms with Crippen LogP contribution in [-0.2, 0) is 21.2 Å². The molecule has 3 heterocycles. The van der Waals surface area contributed by atoms with Crippen LogP contribution >= 0.6 is 22.9 Å². The molecule has 1 fully saturated rings. The lowest BCUT2D eigenvalue weighted by molar-refractivity contribution is -0.121. The molecule has 11 heteroatoms. The zero-order chi connectivity index (χ0) is 23.6. The minimum Gasteiger partial charge on any atom is -0.407 e. The van der Waals surface area contributed by atoms with Crippen molar-refractivity contribution in [3.8, 4) is 0 Å². The summed E-state index contributed by atoms with van der Waals surface area (Å²) >= 11 is 6.90. The fourth-order valence-electron chi connectivity index (χ4n) is 3.72. The van der Waals surface area contributed by atoms with Gasteiger partial charge in [-0.1, -0.05) is 54.8 Å². The Hall–Kier alpha value is -2.27. The van der Waals surface area contributed by atoms with Gasteiger partial charge in [0.2, 0.25) is 11.8 Å². The van der Waals surface area contributed by atoms with Gasteiger partial charge in [-0.3, -0.25) is 10.1 Å². The van der Waals surface area contributed by atoms with Gasteiger partial charge in [0.25, 0.3) is 10.0 Å². The number of carbonyl (C=O) groups excluding carboxylic acids is 1. The number of benzene rings is 1. The summed E-state index contributed by atoms with van der Waals surface area (Å²) in [6, 6.07) is 11.3. The molecule has 0 saturated carbocycles. The number of halogens is 1. The van der Waals surface area contributed by atoms with E-state index in [0.717, 1.165) is 16.9 Å². The average Bonchev–Trinajstić information content (AvgIpc) is 3.43. The van der Waals surface area contributed by atoms with Gasteiger partial charge in [0, 0.05) is 13.1 Å². The molecular formula is C22H25ClN4O4S2. The Kier molecular flexibility index (Phi) is 7.18. The highest BCUT2D eigenvalue weighted by Crippen LogP contribution is 2.31. The molecule has 1 aliphatic heterocycles. The van der Waals surface area contributed by atoms with E-state index in [1.807, 2.05) is 12.1 Å². The number of amides is 1. The Labute approximate surface area is 202 Å². The number of thiophene rings is 1. The van der Waals surface area contributed by atoms with Crippen molar-refractivity contribution in [3.63, 3.8) is 0 Å². The Morgan fingerprint density at radius 1 is 1.24 bits per heavy atom. The van der Waals surface area contributed by atoms with Gasteiger partial charge in [0.15, 0.2) is 0 Å². The number of hydrogen-bond acceptors (Lipinski definition) is 7. The van der Waals surface area contributed by atoms with Gasteiger partial charge >= 0.3 is 6.01 Å². The molecule has 33 heavy (non-hydrogen) atoms. The molecule has 1 saturated heterocycles. The summed E-state index contributed by atoms with van der Waals surface area (Å²) in [5.41, 5.74) is 2.28. The summed E-state index contributed by atoms with van der Waals surface area (Å²) in [7, 11) is -3.68. The predicted octanol–water partition coefficient (Wildman–Crippen LogP) is 4.54. The van der Waals surface area contributed by atoms with E-state index in [1.54, 1.807) is 6.07 Å². The van der Waals surface area contributed by atoms with Crippen molar-refractivity contribution in [3.05, 3.63) is 57.8 Å². The lowest BCUT2D eigenvalue weighted by Crippen LogP contribution is -2.43. The number of hydrogen-bond donors (Lipinski definition) is 1. The van der Waals surface area contributed by atoms with Gasteiger partial charge in [-0.2, -0.15) is 4.31 Å². The first-order valence-corrected chi connectivity index (χ1v) is 13.3. The average molecular weight is 509 g/mol. The zero-order valence-corrected chi connectivity index (χ0v) is 20.7. The second-order valence-electron chi connectivity index (χ2n) is 8.32. The second-order valence-corrected chi connectivity index (χ2v) is 12.2. The molecule has 0 radical (unpaired) electrons. The van der Waals surface area contributed by atoms with E-state index in [2.05, 4.69) is 41.5 Å². The van der Waals surface area contributed by atoms with E-state index < -0.39 is 15.9 Å². The highest BCUT2D eigenvalue weighted by Gasteiger charge is 2.34. The van der Waals surface area contributed by atoms with Crippen molar-refractivity contribution in [2.24, 2.45) is 5.92 Å². The summed E-state index contributed by atoms with van der Waals surface area (Å²) in [4.78, 5) is 12.8. The molecule has 8 nitrogen and oxygen atoms in total. The maximum absolute atomic E-state index is 12.9.